The molecule has 0 saturated carbocycles. The highest BCUT2D eigenvalue weighted by molar-refractivity contribution is 5.87. The molecule has 20 heavy (non-hydrogen) atoms. The Morgan fingerprint density at radius 3 is 2.55 bits per heavy atom. The fourth-order valence-electron chi connectivity index (χ4n) is 1.73. The number of carboxylic acid groups (broad SMARTS) is 1. The Kier molecular flexibility index (Phi) is 3.96. The number of nitrogens with one attached hydrogen (secondary N) is 1. The molecule has 2 N–H and O–H groups in total. The molecule has 0 spiro atoms. The van der Waals surface area contributed by atoms with Crippen molar-refractivity contribution in [2.45, 2.75) is 6.54 Å². The lowest BCUT2D eigenvalue weighted by atomic mass is 10.1. The van der Waals surface area contributed by atoms with Gasteiger partial charge in [-0.25, -0.2) is 9.18 Å². The van der Waals surface area contributed by atoms with E-state index in [9.17, 15) is 9.18 Å². The number of nitriles is 1. The van der Waals surface area contributed by atoms with Gasteiger partial charge >= 0.3 is 5.97 Å². The highest BCUT2D eigenvalue weighted by Gasteiger charge is 2.04. The first-order chi connectivity index (χ1) is 9.60. The number of carbonyl (C=O) groups is 1. The van der Waals surface area contributed by atoms with Crippen LogP contribution in [0.5, 0.6) is 0 Å². The van der Waals surface area contributed by atoms with Crippen LogP contribution in [0.15, 0.2) is 42.5 Å². The molecule has 2 rings (SSSR count). The summed E-state index contributed by atoms with van der Waals surface area (Å²) in [5, 5.41) is 20.7. The van der Waals surface area contributed by atoms with Crippen molar-refractivity contribution in [3.05, 3.63) is 65.0 Å². The topological polar surface area (TPSA) is 73.1 Å². The molecule has 0 saturated heterocycles. The maximum atomic E-state index is 13.0. The predicted octanol–water partition coefficient (Wildman–Crippen LogP) is 3.01. The maximum absolute atomic E-state index is 13.0. The third-order valence-corrected chi connectivity index (χ3v) is 2.79. The Balaban J connectivity index is 2.09. The molecule has 0 unspecified atom stereocenters. The summed E-state index contributed by atoms with van der Waals surface area (Å²) in [7, 11) is 0. The van der Waals surface area contributed by atoms with E-state index < -0.39 is 11.8 Å². The summed E-state index contributed by atoms with van der Waals surface area (Å²) in [6.45, 7) is 0.417. The van der Waals surface area contributed by atoms with Gasteiger partial charge in [-0.15, -0.1) is 0 Å². The van der Waals surface area contributed by atoms with E-state index in [1.807, 2.05) is 6.07 Å². The molecule has 0 radical (unpaired) electrons. The molecule has 5 heteroatoms. The molecule has 0 heterocycles. The Labute approximate surface area is 115 Å². The highest BCUT2D eigenvalue weighted by Crippen LogP contribution is 2.17. The van der Waals surface area contributed by atoms with Crippen molar-refractivity contribution in [3.63, 3.8) is 0 Å². The zero-order chi connectivity index (χ0) is 14.5. The maximum Gasteiger partial charge on any atom is 0.335 e. The van der Waals surface area contributed by atoms with Gasteiger partial charge in [-0.05, 0) is 35.9 Å². The number of carboxylic acids is 1. The molecule has 2 aromatic rings. The third-order valence-electron chi connectivity index (χ3n) is 2.79. The number of nitrogens with zero attached hydrogens (tertiary/aromatic N) is 1. The van der Waals surface area contributed by atoms with Crippen LogP contribution in [0, 0.1) is 17.1 Å². The Bertz CT molecular complexity index is 675. The van der Waals surface area contributed by atoms with Crippen molar-refractivity contribution in [3.8, 4) is 6.07 Å². The van der Waals surface area contributed by atoms with E-state index in [4.69, 9.17) is 10.4 Å². The first-order valence-corrected chi connectivity index (χ1v) is 5.86. The lowest BCUT2D eigenvalue weighted by Gasteiger charge is -2.08. The zero-order valence-electron chi connectivity index (χ0n) is 10.4. The van der Waals surface area contributed by atoms with Gasteiger partial charge in [-0.1, -0.05) is 12.1 Å². The van der Waals surface area contributed by atoms with E-state index in [1.54, 1.807) is 12.1 Å². The summed E-state index contributed by atoms with van der Waals surface area (Å²) >= 11 is 0. The first-order valence-electron chi connectivity index (χ1n) is 5.86. The molecular formula is C15H11FN2O2. The molecular weight excluding hydrogens is 259 g/mol. The quantitative estimate of drug-likeness (QED) is 0.895. The number of anilines is 1. The number of aromatic carboxylic acids is 1. The van der Waals surface area contributed by atoms with Crippen molar-refractivity contribution >= 4 is 11.7 Å². The molecule has 0 aliphatic heterocycles. The van der Waals surface area contributed by atoms with Crippen molar-refractivity contribution in [2.24, 2.45) is 0 Å². The Morgan fingerprint density at radius 2 is 1.95 bits per heavy atom. The van der Waals surface area contributed by atoms with Gasteiger partial charge in [0, 0.05) is 6.54 Å². The van der Waals surface area contributed by atoms with Gasteiger partial charge in [0.25, 0.3) is 0 Å². The standard InChI is InChI=1S/C15H11FN2O2/c16-13-5-6-14(12(7-13)8-17)18-9-10-1-3-11(4-2-10)15(19)20/h1-7,18H,9H2,(H,19,20). The van der Waals surface area contributed by atoms with Gasteiger partial charge in [0.2, 0.25) is 0 Å². The minimum Gasteiger partial charge on any atom is -0.478 e. The van der Waals surface area contributed by atoms with Crippen molar-refractivity contribution < 1.29 is 14.3 Å². The molecule has 100 valence electrons. The van der Waals surface area contributed by atoms with Gasteiger partial charge in [-0.3, -0.25) is 0 Å². The molecule has 0 atom stereocenters. The third kappa shape index (κ3) is 3.12. The van der Waals surface area contributed by atoms with Crippen LogP contribution < -0.4 is 5.32 Å². The summed E-state index contributed by atoms with van der Waals surface area (Å²) in [4.78, 5) is 10.7. The van der Waals surface area contributed by atoms with Gasteiger partial charge in [0.05, 0.1) is 16.8 Å². The number of hydrogen-bond acceptors (Lipinski definition) is 3. The number of rotatable bonds is 4. The lowest BCUT2D eigenvalue weighted by molar-refractivity contribution is 0.0697. The van der Waals surface area contributed by atoms with E-state index in [0.29, 0.717) is 12.2 Å². The molecule has 2 aromatic carbocycles. The van der Waals surface area contributed by atoms with E-state index in [-0.39, 0.29) is 11.1 Å². The summed E-state index contributed by atoms with van der Waals surface area (Å²) in [5.41, 5.74) is 1.85. The molecule has 0 aliphatic rings. The average Bonchev–Trinajstić information content (AvgIpc) is 2.46. The van der Waals surface area contributed by atoms with Crippen molar-refractivity contribution in [2.75, 3.05) is 5.32 Å². The van der Waals surface area contributed by atoms with E-state index in [1.165, 1.54) is 24.3 Å². The van der Waals surface area contributed by atoms with Gasteiger partial charge < -0.3 is 10.4 Å². The second-order valence-electron chi connectivity index (χ2n) is 4.16. The number of benzene rings is 2. The molecule has 0 aliphatic carbocycles. The number of hydrogen-bond donors (Lipinski definition) is 2. The van der Waals surface area contributed by atoms with Crippen molar-refractivity contribution in [1.29, 1.82) is 5.26 Å². The van der Waals surface area contributed by atoms with Crippen LogP contribution in [0.2, 0.25) is 0 Å². The summed E-state index contributed by atoms with van der Waals surface area (Å²) < 4.78 is 13.0. The predicted molar refractivity (Wildman–Crippen MR) is 71.8 cm³/mol. The average molecular weight is 270 g/mol. The van der Waals surface area contributed by atoms with Gasteiger partial charge in [-0.2, -0.15) is 5.26 Å². The second-order valence-corrected chi connectivity index (χ2v) is 4.16. The molecule has 0 aromatic heterocycles. The monoisotopic (exact) mass is 270 g/mol. The zero-order valence-corrected chi connectivity index (χ0v) is 10.4. The van der Waals surface area contributed by atoms with Crippen LogP contribution >= 0.6 is 0 Å². The molecule has 0 amide bonds. The molecule has 0 fully saturated rings. The van der Waals surface area contributed by atoms with Crippen LogP contribution in [0.3, 0.4) is 0 Å². The number of halogens is 1. The van der Waals surface area contributed by atoms with Crippen LogP contribution in [0.25, 0.3) is 0 Å². The fourth-order valence-corrected chi connectivity index (χ4v) is 1.73. The largest absolute Gasteiger partial charge is 0.478 e. The summed E-state index contributed by atoms with van der Waals surface area (Å²) in [6.07, 6.45) is 0. The van der Waals surface area contributed by atoms with E-state index in [0.717, 1.165) is 11.6 Å². The highest BCUT2D eigenvalue weighted by atomic mass is 19.1. The van der Waals surface area contributed by atoms with E-state index in [2.05, 4.69) is 5.32 Å². The van der Waals surface area contributed by atoms with Crippen LogP contribution in [0.1, 0.15) is 21.5 Å². The van der Waals surface area contributed by atoms with Crippen LogP contribution in [-0.4, -0.2) is 11.1 Å². The normalized spacial score (nSPS) is 9.80. The smallest absolute Gasteiger partial charge is 0.335 e. The Morgan fingerprint density at radius 1 is 1.25 bits per heavy atom. The fraction of sp³-hybridized carbons (Fsp3) is 0.0667. The van der Waals surface area contributed by atoms with E-state index >= 15 is 0 Å². The molecule has 0 bridgehead atoms. The lowest BCUT2D eigenvalue weighted by Crippen LogP contribution is -2.02. The molecule has 4 nitrogen and oxygen atoms in total. The SMILES string of the molecule is N#Cc1cc(F)ccc1NCc1ccc(C(=O)O)cc1. The van der Waals surface area contributed by atoms with Crippen LogP contribution in [0.4, 0.5) is 10.1 Å². The van der Waals surface area contributed by atoms with Crippen LogP contribution in [-0.2, 0) is 6.54 Å². The summed E-state index contributed by atoms with van der Waals surface area (Å²) in [5.74, 6) is -1.44. The van der Waals surface area contributed by atoms with Gasteiger partial charge in [0.15, 0.2) is 0 Å². The van der Waals surface area contributed by atoms with Crippen molar-refractivity contribution in [1.82, 2.24) is 0 Å². The second kappa shape index (κ2) is 5.85. The first kappa shape index (κ1) is 13.6. The minimum atomic E-state index is -0.977. The van der Waals surface area contributed by atoms with Gasteiger partial charge in [0.1, 0.15) is 11.9 Å². The Hall–Kier alpha value is -2.87. The minimum absolute atomic E-state index is 0.216. The summed E-state index contributed by atoms with van der Waals surface area (Å²) in [6, 6.07) is 12.2.